The van der Waals surface area contributed by atoms with E-state index >= 15 is 0 Å². The van der Waals surface area contributed by atoms with Crippen LogP contribution in [0.15, 0.2) is 0 Å². The Labute approximate surface area is 103 Å². The Hall–Kier alpha value is -0.610. The van der Waals surface area contributed by atoms with Gasteiger partial charge < -0.3 is 15.7 Å². The van der Waals surface area contributed by atoms with Crippen molar-refractivity contribution in [1.29, 1.82) is 0 Å². The Balaban J connectivity index is 1.54. The molecule has 0 aromatic heterocycles. The third-order valence-corrected chi connectivity index (χ3v) is 3.85. The molecule has 2 atom stereocenters. The summed E-state index contributed by atoms with van der Waals surface area (Å²) in [6.45, 7) is 2.02. The van der Waals surface area contributed by atoms with Crippen LogP contribution in [0.2, 0.25) is 0 Å². The highest BCUT2D eigenvalue weighted by Gasteiger charge is 2.23. The van der Waals surface area contributed by atoms with Crippen molar-refractivity contribution in [1.82, 2.24) is 10.6 Å². The van der Waals surface area contributed by atoms with E-state index in [0.29, 0.717) is 13.1 Å². The van der Waals surface area contributed by atoms with Crippen LogP contribution < -0.4 is 10.6 Å². The lowest BCUT2D eigenvalue weighted by Crippen LogP contribution is -2.40. The molecule has 2 rings (SSSR count). The lowest BCUT2D eigenvalue weighted by molar-refractivity contribution is -0.120. The van der Waals surface area contributed by atoms with Crippen LogP contribution in [0.25, 0.3) is 0 Å². The van der Waals surface area contributed by atoms with Crippen LogP contribution in [0.5, 0.6) is 0 Å². The van der Waals surface area contributed by atoms with Gasteiger partial charge in [-0.3, -0.25) is 4.79 Å². The molecular weight excluding hydrogens is 216 g/mol. The molecule has 2 fully saturated rings. The standard InChI is InChI=1S/C13H24N2O2/c16-12-4-2-1-3-11(12)8-15-13(17)9-14-7-10-5-6-10/h10-12,14,16H,1-9H2,(H,15,17). The molecule has 0 aliphatic heterocycles. The largest absolute Gasteiger partial charge is 0.393 e. The first kappa shape index (κ1) is 12.8. The summed E-state index contributed by atoms with van der Waals surface area (Å²) in [6, 6.07) is 0. The van der Waals surface area contributed by atoms with Gasteiger partial charge in [0.1, 0.15) is 0 Å². The molecule has 1 amide bonds. The minimum Gasteiger partial charge on any atom is -0.393 e. The van der Waals surface area contributed by atoms with Crippen molar-refractivity contribution in [3.8, 4) is 0 Å². The van der Waals surface area contributed by atoms with Gasteiger partial charge >= 0.3 is 0 Å². The summed E-state index contributed by atoms with van der Waals surface area (Å²) < 4.78 is 0. The van der Waals surface area contributed by atoms with Crippen LogP contribution in [0.1, 0.15) is 38.5 Å². The molecule has 4 heteroatoms. The van der Waals surface area contributed by atoms with Gasteiger partial charge in [-0.2, -0.15) is 0 Å². The SMILES string of the molecule is O=C(CNCC1CC1)NCC1CCCCC1O. The van der Waals surface area contributed by atoms with E-state index in [0.717, 1.165) is 31.7 Å². The van der Waals surface area contributed by atoms with Crippen molar-refractivity contribution >= 4 is 5.91 Å². The molecule has 2 unspecified atom stereocenters. The van der Waals surface area contributed by atoms with Gasteiger partial charge in [-0.15, -0.1) is 0 Å². The fourth-order valence-corrected chi connectivity index (χ4v) is 2.45. The Morgan fingerprint density at radius 3 is 2.59 bits per heavy atom. The molecule has 0 saturated heterocycles. The zero-order chi connectivity index (χ0) is 12.1. The fraction of sp³-hybridized carbons (Fsp3) is 0.923. The molecule has 17 heavy (non-hydrogen) atoms. The highest BCUT2D eigenvalue weighted by Crippen LogP contribution is 2.27. The van der Waals surface area contributed by atoms with Gasteiger partial charge in [0, 0.05) is 12.5 Å². The van der Waals surface area contributed by atoms with Gasteiger partial charge in [-0.05, 0) is 38.1 Å². The molecule has 2 aliphatic rings. The van der Waals surface area contributed by atoms with Gasteiger partial charge in [-0.25, -0.2) is 0 Å². The molecule has 0 aromatic rings. The number of rotatable bonds is 6. The van der Waals surface area contributed by atoms with Gasteiger partial charge in [0.2, 0.25) is 5.91 Å². The van der Waals surface area contributed by atoms with Crippen molar-refractivity contribution in [2.24, 2.45) is 11.8 Å². The van der Waals surface area contributed by atoms with E-state index < -0.39 is 0 Å². The predicted octanol–water partition coefficient (Wildman–Crippen LogP) is 0.653. The Bertz CT molecular complexity index is 254. The zero-order valence-corrected chi connectivity index (χ0v) is 10.5. The van der Waals surface area contributed by atoms with Crippen molar-refractivity contribution in [2.45, 2.75) is 44.6 Å². The number of hydrogen-bond acceptors (Lipinski definition) is 3. The maximum atomic E-state index is 11.5. The molecule has 4 nitrogen and oxygen atoms in total. The summed E-state index contributed by atoms with van der Waals surface area (Å²) in [5.41, 5.74) is 0. The minimum atomic E-state index is -0.219. The second-order valence-corrected chi connectivity index (χ2v) is 5.49. The first-order chi connectivity index (χ1) is 8.25. The van der Waals surface area contributed by atoms with Crippen LogP contribution >= 0.6 is 0 Å². The smallest absolute Gasteiger partial charge is 0.233 e. The summed E-state index contributed by atoms with van der Waals surface area (Å²) in [4.78, 5) is 11.5. The summed E-state index contributed by atoms with van der Waals surface area (Å²) >= 11 is 0. The van der Waals surface area contributed by atoms with E-state index in [1.807, 2.05) is 0 Å². The average molecular weight is 240 g/mol. The first-order valence-electron chi connectivity index (χ1n) is 6.91. The number of carbonyl (C=O) groups is 1. The number of aliphatic hydroxyl groups excluding tert-OH is 1. The van der Waals surface area contributed by atoms with Gasteiger partial charge in [0.15, 0.2) is 0 Å². The maximum Gasteiger partial charge on any atom is 0.233 e. The topological polar surface area (TPSA) is 61.4 Å². The Morgan fingerprint density at radius 2 is 1.88 bits per heavy atom. The van der Waals surface area contributed by atoms with Gasteiger partial charge in [0.05, 0.1) is 12.6 Å². The molecule has 0 radical (unpaired) electrons. The second kappa shape index (κ2) is 6.36. The minimum absolute atomic E-state index is 0.0587. The van der Waals surface area contributed by atoms with Crippen molar-refractivity contribution in [3.05, 3.63) is 0 Å². The third-order valence-electron chi connectivity index (χ3n) is 3.85. The highest BCUT2D eigenvalue weighted by molar-refractivity contribution is 5.77. The Morgan fingerprint density at radius 1 is 1.12 bits per heavy atom. The summed E-state index contributed by atoms with van der Waals surface area (Å²) in [6.07, 6.45) is 6.62. The quantitative estimate of drug-likeness (QED) is 0.639. The number of hydrogen-bond donors (Lipinski definition) is 3. The predicted molar refractivity (Wildman–Crippen MR) is 66.6 cm³/mol. The molecular formula is C13H24N2O2. The number of amides is 1. The van der Waals surface area contributed by atoms with E-state index in [1.165, 1.54) is 19.3 Å². The molecule has 0 bridgehead atoms. The van der Waals surface area contributed by atoms with E-state index in [4.69, 9.17) is 0 Å². The number of carbonyl (C=O) groups excluding carboxylic acids is 1. The molecule has 0 aromatic carbocycles. The second-order valence-electron chi connectivity index (χ2n) is 5.49. The van der Waals surface area contributed by atoms with E-state index in [-0.39, 0.29) is 17.9 Å². The summed E-state index contributed by atoms with van der Waals surface area (Å²) in [5.74, 6) is 1.13. The van der Waals surface area contributed by atoms with Crippen LogP contribution in [0.4, 0.5) is 0 Å². The van der Waals surface area contributed by atoms with Crippen LogP contribution in [-0.2, 0) is 4.79 Å². The van der Waals surface area contributed by atoms with Crippen molar-refractivity contribution in [3.63, 3.8) is 0 Å². The Kier molecular flexibility index (Phi) is 4.80. The van der Waals surface area contributed by atoms with Crippen LogP contribution in [-0.4, -0.2) is 36.8 Å². The average Bonchev–Trinajstić information content (AvgIpc) is 3.12. The van der Waals surface area contributed by atoms with Crippen molar-refractivity contribution < 1.29 is 9.90 Å². The molecule has 98 valence electrons. The van der Waals surface area contributed by atoms with Crippen molar-refractivity contribution in [2.75, 3.05) is 19.6 Å². The maximum absolute atomic E-state index is 11.5. The van der Waals surface area contributed by atoms with Crippen LogP contribution in [0, 0.1) is 11.8 Å². The first-order valence-corrected chi connectivity index (χ1v) is 6.91. The van der Waals surface area contributed by atoms with E-state index in [9.17, 15) is 9.90 Å². The molecule has 2 aliphatic carbocycles. The van der Waals surface area contributed by atoms with Crippen LogP contribution in [0.3, 0.4) is 0 Å². The normalized spacial score (nSPS) is 29.0. The molecule has 2 saturated carbocycles. The molecule has 3 N–H and O–H groups in total. The molecule has 0 spiro atoms. The zero-order valence-electron chi connectivity index (χ0n) is 10.5. The lowest BCUT2D eigenvalue weighted by Gasteiger charge is -2.27. The van der Waals surface area contributed by atoms with Gasteiger partial charge in [0.25, 0.3) is 0 Å². The fourth-order valence-electron chi connectivity index (χ4n) is 2.45. The summed E-state index contributed by atoms with van der Waals surface area (Å²) in [5, 5.41) is 15.9. The van der Waals surface area contributed by atoms with E-state index in [1.54, 1.807) is 0 Å². The monoisotopic (exact) mass is 240 g/mol. The number of nitrogens with one attached hydrogen (secondary N) is 2. The molecule has 0 heterocycles. The lowest BCUT2D eigenvalue weighted by atomic mass is 9.86. The summed E-state index contributed by atoms with van der Waals surface area (Å²) in [7, 11) is 0. The third kappa shape index (κ3) is 4.64. The number of aliphatic hydroxyl groups is 1. The van der Waals surface area contributed by atoms with E-state index in [2.05, 4.69) is 10.6 Å². The van der Waals surface area contributed by atoms with Gasteiger partial charge in [-0.1, -0.05) is 12.8 Å². The highest BCUT2D eigenvalue weighted by atomic mass is 16.3.